The molecule has 0 aliphatic rings. The summed E-state index contributed by atoms with van der Waals surface area (Å²) in [6, 6.07) is 2.51. The summed E-state index contributed by atoms with van der Waals surface area (Å²) in [7, 11) is 1.21. The van der Waals surface area contributed by atoms with Crippen molar-refractivity contribution in [2.45, 2.75) is 84.2 Å². The monoisotopic (exact) mass is 655 g/mol. The third kappa shape index (κ3) is 13.8. The Labute approximate surface area is 274 Å². The van der Waals surface area contributed by atoms with Crippen molar-refractivity contribution in [2.24, 2.45) is 5.92 Å². The van der Waals surface area contributed by atoms with Crippen LogP contribution in [0.25, 0.3) is 0 Å². The van der Waals surface area contributed by atoms with Gasteiger partial charge in [0.25, 0.3) is 0 Å². The Morgan fingerprint density at radius 1 is 0.766 bits per heavy atom. The maximum atomic E-state index is 13.3. The SMILES string of the molecule is COC(=O)[C@@H](NC(=O)[C@H](Cc1cccnc1)NC(=O)CNC(=O)[C@@H](Cc1cccnc1)NC(=O)[C@H](C)NC(=O)OC(C)(C)C)C(C)C. The Hall–Kier alpha value is -5.08. The van der Waals surface area contributed by atoms with Crippen LogP contribution in [0.15, 0.2) is 49.1 Å². The van der Waals surface area contributed by atoms with E-state index in [1.54, 1.807) is 77.5 Å². The predicted molar refractivity (Wildman–Crippen MR) is 170 cm³/mol. The molecule has 0 saturated heterocycles. The van der Waals surface area contributed by atoms with Crippen LogP contribution < -0.4 is 26.6 Å². The van der Waals surface area contributed by atoms with E-state index in [2.05, 4.69) is 36.6 Å². The van der Waals surface area contributed by atoms with Crippen molar-refractivity contribution in [1.29, 1.82) is 0 Å². The van der Waals surface area contributed by atoms with Crippen molar-refractivity contribution in [3.05, 3.63) is 60.2 Å². The molecule has 0 spiro atoms. The number of ether oxygens (including phenoxy) is 2. The lowest BCUT2D eigenvalue weighted by Gasteiger charge is -2.25. The summed E-state index contributed by atoms with van der Waals surface area (Å²) in [4.78, 5) is 85.0. The molecular formula is C32H45N7O8. The highest BCUT2D eigenvalue weighted by Gasteiger charge is 2.30. The summed E-state index contributed by atoms with van der Waals surface area (Å²) in [5.41, 5.74) is 0.492. The number of nitrogens with zero attached hydrogens (tertiary/aromatic N) is 2. The van der Waals surface area contributed by atoms with Crippen LogP contribution in [0, 0.1) is 5.92 Å². The van der Waals surface area contributed by atoms with Crippen LogP contribution in [0.3, 0.4) is 0 Å². The highest BCUT2D eigenvalue weighted by atomic mass is 16.6. The predicted octanol–water partition coefficient (Wildman–Crippen LogP) is 0.575. The van der Waals surface area contributed by atoms with Crippen LogP contribution in [-0.2, 0) is 46.3 Å². The highest BCUT2D eigenvalue weighted by molar-refractivity contribution is 5.94. The zero-order valence-corrected chi connectivity index (χ0v) is 27.8. The minimum Gasteiger partial charge on any atom is -0.467 e. The summed E-state index contributed by atoms with van der Waals surface area (Å²) < 4.78 is 9.99. The second kappa shape index (κ2) is 18.2. The standard InChI is InChI=1S/C32H45N7O8/c1-19(2)26(30(44)46-7)39-29(43)24(15-22-11-9-13-34-17-22)37-25(40)18-35-28(42)23(14-21-10-8-12-33-16-21)38-27(41)20(3)36-31(45)47-32(4,5)6/h8-13,16-17,19-20,23-24,26H,14-15,18H2,1-7H3,(H,35,42)(H,36,45)(H,37,40)(H,38,41)(H,39,43)/t20-,23+,24-,26-/m0/s1. The van der Waals surface area contributed by atoms with Crippen LogP contribution >= 0.6 is 0 Å². The first kappa shape index (κ1) is 38.1. The van der Waals surface area contributed by atoms with Crippen LogP contribution in [0.5, 0.6) is 0 Å². The average Bonchev–Trinajstić information content (AvgIpc) is 3.01. The molecule has 0 saturated carbocycles. The number of alkyl carbamates (subject to hydrolysis) is 1. The molecule has 5 N–H and O–H groups in total. The fourth-order valence-electron chi connectivity index (χ4n) is 4.19. The van der Waals surface area contributed by atoms with Crippen LogP contribution in [-0.4, -0.2) is 89.1 Å². The summed E-state index contributed by atoms with van der Waals surface area (Å²) in [5, 5.41) is 12.8. The van der Waals surface area contributed by atoms with E-state index in [9.17, 15) is 28.8 Å². The smallest absolute Gasteiger partial charge is 0.408 e. The summed E-state index contributed by atoms with van der Waals surface area (Å²) >= 11 is 0. The van der Waals surface area contributed by atoms with Gasteiger partial charge < -0.3 is 36.1 Å². The Balaban J connectivity index is 2.14. The van der Waals surface area contributed by atoms with E-state index in [-0.39, 0.29) is 18.8 Å². The molecule has 2 heterocycles. The molecule has 2 aromatic heterocycles. The molecule has 256 valence electrons. The number of pyridine rings is 2. The lowest BCUT2D eigenvalue weighted by Crippen LogP contribution is -2.57. The molecule has 0 bridgehead atoms. The average molecular weight is 656 g/mol. The van der Waals surface area contributed by atoms with E-state index in [4.69, 9.17) is 9.47 Å². The van der Waals surface area contributed by atoms with Gasteiger partial charge in [0.05, 0.1) is 13.7 Å². The molecule has 4 atom stereocenters. The largest absolute Gasteiger partial charge is 0.467 e. The second-order valence-corrected chi connectivity index (χ2v) is 12.2. The van der Waals surface area contributed by atoms with Crippen molar-refractivity contribution >= 4 is 35.7 Å². The first-order valence-corrected chi connectivity index (χ1v) is 15.1. The Morgan fingerprint density at radius 2 is 1.32 bits per heavy atom. The van der Waals surface area contributed by atoms with Gasteiger partial charge in [0, 0.05) is 37.6 Å². The summed E-state index contributed by atoms with van der Waals surface area (Å²) in [5.74, 6) is -3.62. The van der Waals surface area contributed by atoms with Gasteiger partial charge in [-0.05, 0) is 56.9 Å². The van der Waals surface area contributed by atoms with Gasteiger partial charge in [-0.25, -0.2) is 9.59 Å². The third-order valence-corrected chi connectivity index (χ3v) is 6.58. The number of esters is 1. The topological polar surface area (TPSA) is 207 Å². The van der Waals surface area contributed by atoms with Crippen LogP contribution in [0.2, 0.25) is 0 Å². The number of rotatable bonds is 15. The molecule has 5 amide bonds. The van der Waals surface area contributed by atoms with Gasteiger partial charge in [0.1, 0.15) is 29.8 Å². The normalized spacial score (nSPS) is 13.6. The Kier molecular flexibility index (Phi) is 14.7. The van der Waals surface area contributed by atoms with Crippen molar-refractivity contribution < 1.29 is 38.2 Å². The third-order valence-electron chi connectivity index (χ3n) is 6.58. The molecule has 15 heteroatoms. The van der Waals surface area contributed by atoms with Gasteiger partial charge in [-0.3, -0.25) is 29.1 Å². The number of hydrogen-bond acceptors (Lipinski definition) is 10. The van der Waals surface area contributed by atoms with Gasteiger partial charge in [-0.15, -0.1) is 0 Å². The molecule has 2 rings (SSSR count). The fourth-order valence-corrected chi connectivity index (χ4v) is 4.19. The van der Waals surface area contributed by atoms with Crippen molar-refractivity contribution in [2.75, 3.05) is 13.7 Å². The molecule has 0 radical (unpaired) electrons. The highest BCUT2D eigenvalue weighted by Crippen LogP contribution is 2.09. The zero-order valence-electron chi connectivity index (χ0n) is 27.8. The number of methoxy groups -OCH3 is 1. The van der Waals surface area contributed by atoms with Crippen LogP contribution in [0.4, 0.5) is 4.79 Å². The minimum atomic E-state index is -1.15. The van der Waals surface area contributed by atoms with Gasteiger partial charge >= 0.3 is 12.1 Å². The number of carbonyl (C=O) groups is 6. The fraction of sp³-hybridized carbons (Fsp3) is 0.500. The Bertz CT molecular complexity index is 1370. The molecule has 15 nitrogen and oxygen atoms in total. The number of nitrogens with one attached hydrogen (secondary N) is 5. The van der Waals surface area contributed by atoms with Crippen molar-refractivity contribution in [3.8, 4) is 0 Å². The molecule has 0 aromatic carbocycles. The van der Waals surface area contributed by atoms with Crippen molar-refractivity contribution in [1.82, 2.24) is 36.6 Å². The van der Waals surface area contributed by atoms with E-state index in [0.717, 1.165) is 0 Å². The lowest BCUT2D eigenvalue weighted by atomic mass is 10.0. The van der Waals surface area contributed by atoms with E-state index in [1.807, 2.05) is 0 Å². The maximum Gasteiger partial charge on any atom is 0.408 e. The van der Waals surface area contributed by atoms with Gasteiger partial charge in [0.15, 0.2) is 0 Å². The zero-order chi connectivity index (χ0) is 35.1. The van der Waals surface area contributed by atoms with E-state index >= 15 is 0 Å². The molecular weight excluding hydrogens is 610 g/mol. The molecule has 0 fully saturated rings. The van der Waals surface area contributed by atoms with E-state index < -0.39 is 72.0 Å². The first-order chi connectivity index (χ1) is 22.1. The van der Waals surface area contributed by atoms with Gasteiger partial charge in [-0.2, -0.15) is 0 Å². The number of carbonyl (C=O) groups excluding carboxylic acids is 6. The lowest BCUT2D eigenvalue weighted by molar-refractivity contribution is -0.146. The molecule has 0 aliphatic heterocycles. The molecule has 47 heavy (non-hydrogen) atoms. The second-order valence-electron chi connectivity index (χ2n) is 12.2. The van der Waals surface area contributed by atoms with Gasteiger partial charge in [-0.1, -0.05) is 26.0 Å². The van der Waals surface area contributed by atoms with Crippen molar-refractivity contribution in [3.63, 3.8) is 0 Å². The van der Waals surface area contributed by atoms with Crippen LogP contribution in [0.1, 0.15) is 52.7 Å². The number of hydrogen-bond donors (Lipinski definition) is 5. The quantitative estimate of drug-likeness (QED) is 0.169. The minimum absolute atomic E-state index is 0.0301. The molecule has 0 unspecified atom stereocenters. The maximum absolute atomic E-state index is 13.3. The number of amides is 5. The Morgan fingerprint density at radius 3 is 1.79 bits per heavy atom. The number of aromatic nitrogens is 2. The van der Waals surface area contributed by atoms with E-state index in [1.165, 1.54) is 20.2 Å². The van der Waals surface area contributed by atoms with Gasteiger partial charge in [0.2, 0.25) is 23.6 Å². The molecule has 2 aromatic rings. The summed E-state index contributed by atoms with van der Waals surface area (Å²) in [6.45, 7) is 9.41. The summed E-state index contributed by atoms with van der Waals surface area (Å²) in [6.07, 6.45) is 5.46. The first-order valence-electron chi connectivity index (χ1n) is 15.1. The molecule has 0 aliphatic carbocycles. The van der Waals surface area contributed by atoms with E-state index in [0.29, 0.717) is 11.1 Å².